The molecule has 192 valence electrons. The summed E-state index contributed by atoms with van der Waals surface area (Å²) < 4.78 is 23.4. The third-order valence-corrected chi connectivity index (χ3v) is 9.74. The highest BCUT2D eigenvalue weighted by Crippen LogP contribution is 2.55. The lowest BCUT2D eigenvalue weighted by Crippen LogP contribution is -2.61. The van der Waals surface area contributed by atoms with Gasteiger partial charge in [-0.2, -0.15) is 0 Å². The molecule has 9 nitrogen and oxygen atoms in total. The lowest BCUT2D eigenvalue weighted by atomic mass is 9.52. The van der Waals surface area contributed by atoms with Crippen LogP contribution in [0.3, 0.4) is 0 Å². The van der Waals surface area contributed by atoms with Crippen LogP contribution in [0.5, 0.6) is 0 Å². The molecule has 1 amide bonds. The van der Waals surface area contributed by atoms with Crippen LogP contribution in [-0.2, 0) is 9.84 Å². The van der Waals surface area contributed by atoms with Crippen LogP contribution in [0, 0.1) is 17.8 Å². The average molecular weight is 512 g/mol. The van der Waals surface area contributed by atoms with E-state index in [4.69, 9.17) is 0 Å². The third-order valence-electron chi connectivity index (χ3n) is 8.61. The molecular weight excluding hydrogens is 478 g/mol. The molecule has 4 aliphatic carbocycles. The van der Waals surface area contributed by atoms with Crippen molar-refractivity contribution >= 4 is 27.4 Å². The number of hydrogen-bond acceptors (Lipinski definition) is 8. The van der Waals surface area contributed by atoms with Crippen LogP contribution in [0.4, 0.5) is 11.6 Å². The summed E-state index contributed by atoms with van der Waals surface area (Å²) in [4.78, 5) is 26.8. The number of aliphatic hydroxyl groups is 1. The predicted molar refractivity (Wildman–Crippen MR) is 136 cm³/mol. The van der Waals surface area contributed by atoms with Crippen LogP contribution in [-0.4, -0.2) is 73.5 Å². The zero-order chi connectivity index (χ0) is 25.1. The number of rotatable bonds is 5. The predicted octanol–water partition coefficient (Wildman–Crippen LogP) is 1.88. The van der Waals surface area contributed by atoms with Crippen molar-refractivity contribution in [3.8, 4) is 0 Å². The van der Waals surface area contributed by atoms with Gasteiger partial charge in [-0.15, -0.1) is 0 Å². The van der Waals surface area contributed by atoms with Gasteiger partial charge in [-0.05, 0) is 80.2 Å². The van der Waals surface area contributed by atoms with Crippen molar-refractivity contribution in [2.24, 2.45) is 17.8 Å². The fourth-order valence-corrected chi connectivity index (χ4v) is 7.77. The SMILES string of the molecule is CS(=O)(=O)c1ccc(N2CCN(c3nccc(C(=O)NC4C5CC6CC4CC(O)(C6)C5)n3)CC2)cc1. The molecule has 0 spiro atoms. The van der Waals surface area contributed by atoms with E-state index in [2.05, 4.69) is 25.1 Å². The van der Waals surface area contributed by atoms with Gasteiger partial charge in [0.2, 0.25) is 5.95 Å². The lowest BCUT2D eigenvalue weighted by Gasteiger charge is -2.58. The van der Waals surface area contributed by atoms with Gasteiger partial charge in [-0.3, -0.25) is 4.79 Å². The van der Waals surface area contributed by atoms with E-state index in [9.17, 15) is 18.3 Å². The smallest absolute Gasteiger partial charge is 0.270 e. The first kappa shape index (κ1) is 23.7. The van der Waals surface area contributed by atoms with Crippen LogP contribution in [0.1, 0.15) is 42.6 Å². The molecule has 1 saturated heterocycles. The molecule has 5 aliphatic rings. The highest BCUT2D eigenvalue weighted by Gasteiger charge is 2.55. The minimum atomic E-state index is -3.21. The number of carbonyl (C=O) groups excluding carboxylic acids is 1. The number of sulfone groups is 1. The highest BCUT2D eigenvalue weighted by molar-refractivity contribution is 7.90. The van der Waals surface area contributed by atoms with Gasteiger partial charge in [-0.25, -0.2) is 18.4 Å². The van der Waals surface area contributed by atoms with Crippen molar-refractivity contribution in [3.63, 3.8) is 0 Å². The number of anilines is 2. The van der Waals surface area contributed by atoms with E-state index in [-0.39, 0.29) is 11.9 Å². The standard InChI is InChI=1S/C26H33N5O4S/c1-36(34,35)21-4-2-20(3-5-21)30-8-10-31(11-9-30)25-27-7-6-22(28-25)24(32)29-23-18-12-17-13-19(23)16-26(33,14-17)15-18/h2-7,17-19,23,33H,8-16H2,1H3,(H,29,32). The van der Waals surface area contributed by atoms with Crippen molar-refractivity contribution in [3.05, 3.63) is 42.2 Å². The second-order valence-electron chi connectivity index (χ2n) is 11.2. The van der Waals surface area contributed by atoms with E-state index in [0.29, 0.717) is 47.4 Å². The Morgan fingerprint density at radius 1 is 1.00 bits per heavy atom. The van der Waals surface area contributed by atoms with Crippen LogP contribution in [0.25, 0.3) is 0 Å². The second-order valence-corrected chi connectivity index (χ2v) is 13.2. The second kappa shape index (κ2) is 8.69. The monoisotopic (exact) mass is 511 g/mol. The summed E-state index contributed by atoms with van der Waals surface area (Å²) in [5.74, 6) is 1.70. The van der Waals surface area contributed by atoms with Gasteiger partial charge in [0.1, 0.15) is 5.69 Å². The number of piperazine rings is 1. The zero-order valence-electron chi connectivity index (χ0n) is 20.5. The maximum Gasteiger partial charge on any atom is 0.270 e. The van der Waals surface area contributed by atoms with E-state index in [1.807, 2.05) is 12.1 Å². The molecule has 2 unspecified atom stereocenters. The van der Waals surface area contributed by atoms with Crippen molar-refractivity contribution in [1.29, 1.82) is 0 Å². The quantitative estimate of drug-likeness (QED) is 0.625. The molecule has 2 aromatic rings. The van der Waals surface area contributed by atoms with Crippen LogP contribution < -0.4 is 15.1 Å². The van der Waals surface area contributed by atoms with Gasteiger partial charge in [0.05, 0.1) is 10.5 Å². The molecule has 1 aliphatic heterocycles. The molecule has 1 aromatic carbocycles. The highest BCUT2D eigenvalue weighted by atomic mass is 32.2. The van der Waals surface area contributed by atoms with Crippen molar-refractivity contribution in [2.75, 3.05) is 42.2 Å². The maximum atomic E-state index is 13.2. The van der Waals surface area contributed by atoms with Gasteiger partial charge in [0.25, 0.3) is 5.91 Å². The fraction of sp³-hybridized carbons (Fsp3) is 0.577. The van der Waals surface area contributed by atoms with Gasteiger partial charge >= 0.3 is 0 Å². The molecule has 2 heterocycles. The first-order valence-corrected chi connectivity index (χ1v) is 14.7. The summed E-state index contributed by atoms with van der Waals surface area (Å²) in [6, 6.07) is 8.76. The number of benzene rings is 1. The molecule has 5 fully saturated rings. The third kappa shape index (κ3) is 4.45. The Bertz CT molecular complexity index is 1240. The number of amides is 1. The largest absolute Gasteiger partial charge is 0.390 e. The number of nitrogens with zero attached hydrogens (tertiary/aromatic N) is 4. The maximum absolute atomic E-state index is 13.2. The molecule has 4 bridgehead atoms. The number of carbonyl (C=O) groups is 1. The Balaban J connectivity index is 1.09. The van der Waals surface area contributed by atoms with Gasteiger partial charge in [-0.1, -0.05) is 0 Å². The first-order chi connectivity index (χ1) is 17.2. The summed E-state index contributed by atoms with van der Waals surface area (Å²) in [5, 5.41) is 14.1. The van der Waals surface area contributed by atoms with E-state index < -0.39 is 15.4 Å². The molecular formula is C26H33N5O4S. The molecule has 2 N–H and O–H groups in total. The van der Waals surface area contributed by atoms with E-state index in [1.165, 1.54) is 6.26 Å². The molecule has 10 heteroatoms. The topological polar surface area (TPSA) is 116 Å². The van der Waals surface area contributed by atoms with Crippen molar-refractivity contribution in [2.45, 2.75) is 48.6 Å². The molecule has 0 radical (unpaired) electrons. The Hall–Kier alpha value is -2.72. The van der Waals surface area contributed by atoms with E-state index in [1.54, 1.807) is 24.4 Å². The van der Waals surface area contributed by atoms with Crippen molar-refractivity contribution < 1.29 is 18.3 Å². The molecule has 1 aromatic heterocycles. The number of aromatic nitrogens is 2. The van der Waals surface area contributed by atoms with Crippen LogP contribution >= 0.6 is 0 Å². The molecule has 7 rings (SSSR count). The summed E-state index contributed by atoms with van der Waals surface area (Å²) >= 11 is 0. The minimum absolute atomic E-state index is 0.116. The number of nitrogens with one attached hydrogen (secondary N) is 1. The summed E-state index contributed by atoms with van der Waals surface area (Å²) in [5.41, 5.74) is 0.847. The van der Waals surface area contributed by atoms with Crippen molar-refractivity contribution in [1.82, 2.24) is 15.3 Å². The van der Waals surface area contributed by atoms with Gasteiger partial charge in [0, 0.05) is 50.4 Å². The normalized spacial score (nSPS) is 31.5. The Labute approximate surface area is 211 Å². The summed E-state index contributed by atoms with van der Waals surface area (Å²) in [6.45, 7) is 2.89. The summed E-state index contributed by atoms with van der Waals surface area (Å²) in [6.07, 6.45) is 7.56. The Kier molecular flexibility index (Phi) is 5.71. The Morgan fingerprint density at radius 2 is 1.64 bits per heavy atom. The van der Waals surface area contributed by atoms with Gasteiger partial charge in [0.15, 0.2) is 9.84 Å². The molecule has 2 atom stereocenters. The zero-order valence-corrected chi connectivity index (χ0v) is 21.3. The van der Waals surface area contributed by atoms with Gasteiger partial charge < -0.3 is 20.2 Å². The molecule has 4 saturated carbocycles. The van der Waals surface area contributed by atoms with E-state index in [0.717, 1.165) is 50.9 Å². The Morgan fingerprint density at radius 3 is 2.25 bits per heavy atom. The van der Waals surface area contributed by atoms with Crippen LogP contribution in [0.15, 0.2) is 41.4 Å². The average Bonchev–Trinajstić information content (AvgIpc) is 2.85. The lowest BCUT2D eigenvalue weighted by molar-refractivity contribution is -0.136. The molecule has 36 heavy (non-hydrogen) atoms. The fourth-order valence-electron chi connectivity index (χ4n) is 7.14. The number of hydrogen-bond donors (Lipinski definition) is 2. The van der Waals surface area contributed by atoms with E-state index >= 15 is 0 Å². The first-order valence-electron chi connectivity index (χ1n) is 12.8. The summed E-state index contributed by atoms with van der Waals surface area (Å²) in [7, 11) is -3.21. The minimum Gasteiger partial charge on any atom is -0.390 e. The van der Waals surface area contributed by atoms with Crippen LogP contribution in [0.2, 0.25) is 0 Å².